The van der Waals surface area contributed by atoms with E-state index in [0.717, 1.165) is 41.4 Å². The van der Waals surface area contributed by atoms with Crippen molar-refractivity contribution in [2.75, 3.05) is 4.90 Å². The van der Waals surface area contributed by atoms with Gasteiger partial charge >= 0.3 is 0 Å². The van der Waals surface area contributed by atoms with E-state index in [1.807, 2.05) is 12.1 Å². The summed E-state index contributed by atoms with van der Waals surface area (Å²) in [4.78, 5) is 38.3. The van der Waals surface area contributed by atoms with E-state index < -0.39 is 6.04 Å². The maximum atomic E-state index is 13.0. The van der Waals surface area contributed by atoms with Crippen LogP contribution in [0, 0.1) is 0 Å². The Morgan fingerprint density at radius 2 is 1.91 bits per heavy atom. The maximum Gasteiger partial charge on any atom is 0.249 e. The van der Waals surface area contributed by atoms with Crippen molar-refractivity contribution in [2.45, 2.75) is 50.5 Å². The Kier molecular flexibility index (Phi) is 3.52. The Bertz CT molecular complexity index is 731. The number of hydrogen-bond acceptors (Lipinski definition) is 3. The van der Waals surface area contributed by atoms with Crippen molar-refractivity contribution in [2.24, 2.45) is 0 Å². The second kappa shape index (κ2) is 5.44. The zero-order chi connectivity index (χ0) is 16.1. The zero-order valence-electron chi connectivity index (χ0n) is 12.6. The average molecular weight is 377 g/mol. The Hall–Kier alpha value is -1.69. The van der Waals surface area contributed by atoms with E-state index in [9.17, 15) is 14.4 Å². The van der Waals surface area contributed by atoms with Crippen LogP contribution in [0.1, 0.15) is 49.1 Å². The SMILES string of the molecule is O=C1CCC(N2C(=O)C3CCCCc4c(Br)ccc2c43)C(=O)N1. The minimum atomic E-state index is -0.572. The summed E-state index contributed by atoms with van der Waals surface area (Å²) in [5.74, 6) is -0.754. The molecule has 3 aliphatic rings. The molecule has 2 unspecified atom stereocenters. The number of benzene rings is 1. The summed E-state index contributed by atoms with van der Waals surface area (Å²) >= 11 is 3.61. The van der Waals surface area contributed by atoms with Gasteiger partial charge in [-0.15, -0.1) is 0 Å². The van der Waals surface area contributed by atoms with Gasteiger partial charge in [-0.1, -0.05) is 22.4 Å². The molecular formula is C17H17BrN2O3. The average Bonchev–Trinajstić information content (AvgIpc) is 2.68. The fraction of sp³-hybridized carbons (Fsp3) is 0.471. The maximum absolute atomic E-state index is 13.0. The highest BCUT2D eigenvalue weighted by Crippen LogP contribution is 2.47. The standard InChI is InChI=1S/C17H17BrN2O3/c18-11-5-6-12-15-9(11)3-1-2-4-10(15)17(23)20(12)13-7-8-14(21)19-16(13)22/h5-6,10,13H,1-4,7-8H2,(H,19,21,22). The monoisotopic (exact) mass is 376 g/mol. The molecule has 0 saturated carbocycles. The zero-order valence-corrected chi connectivity index (χ0v) is 14.2. The molecule has 3 amide bonds. The lowest BCUT2D eigenvalue weighted by molar-refractivity contribution is -0.135. The number of nitrogens with one attached hydrogen (secondary N) is 1. The lowest BCUT2D eigenvalue weighted by Crippen LogP contribution is -2.54. The number of amides is 3. The third kappa shape index (κ3) is 2.23. The van der Waals surface area contributed by atoms with Gasteiger partial charge in [0.05, 0.1) is 5.92 Å². The quantitative estimate of drug-likeness (QED) is 0.765. The van der Waals surface area contributed by atoms with Crippen molar-refractivity contribution >= 4 is 39.3 Å². The van der Waals surface area contributed by atoms with Crippen molar-refractivity contribution in [3.8, 4) is 0 Å². The van der Waals surface area contributed by atoms with E-state index >= 15 is 0 Å². The number of carbonyl (C=O) groups is 3. The predicted molar refractivity (Wildman–Crippen MR) is 88.1 cm³/mol. The molecule has 0 radical (unpaired) electrons. The van der Waals surface area contributed by atoms with Gasteiger partial charge in [-0.3, -0.25) is 24.6 Å². The Morgan fingerprint density at radius 3 is 2.70 bits per heavy atom. The second-order valence-corrected chi connectivity index (χ2v) is 7.29. The van der Waals surface area contributed by atoms with Crippen LogP contribution in [0.15, 0.2) is 16.6 Å². The van der Waals surface area contributed by atoms with Crippen LogP contribution >= 0.6 is 15.9 Å². The smallest absolute Gasteiger partial charge is 0.249 e. The first-order valence-electron chi connectivity index (χ1n) is 8.06. The van der Waals surface area contributed by atoms with Gasteiger partial charge in [0.1, 0.15) is 6.04 Å². The second-order valence-electron chi connectivity index (χ2n) is 6.43. The van der Waals surface area contributed by atoms with Crippen LogP contribution in [0.3, 0.4) is 0 Å². The minimum absolute atomic E-state index is 0.00995. The molecule has 2 heterocycles. The Morgan fingerprint density at radius 1 is 1.09 bits per heavy atom. The third-order valence-electron chi connectivity index (χ3n) is 5.11. The van der Waals surface area contributed by atoms with Crippen molar-refractivity contribution in [3.63, 3.8) is 0 Å². The summed E-state index contributed by atoms with van der Waals surface area (Å²) in [6.07, 6.45) is 4.56. The highest BCUT2D eigenvalue weighted by molar-refractivity contribution is 9.10. The number of hydrogen-bond donors (Lipinski definition) is 1. The molecule has 1 aromatic carbocycles. The molecule has 4 rings (SSSR count). The van der Waals surface area contributed by atoms with Gasteiger partial charge in [-0.2, -0.15) is 0 Å². The summed E-state index contributed by atoms with van der Waals surface area (Å²) in [6, 6.07) is 3.32. The van der Waals surface area contributed by atoms with Gasteiger partial charge in [0.2, 0.25) is 17.7 Å². The third-order valence-corrected chi connectivity index (χ3v) is 5.85. The number of rotatable bonds is 1. The van der Waals surface area contributed by atoms with Crippen LogP contribution in [0.4, 0.5) is 5.69 Å². The molecule has 0 aromatic heterocycles. The first-order chi connectivity index (χ1) is 11.1. The molecule has 0 bridgehead atoms. The molecular weight excluding hydrogens is 360 g/mol. The van der Waals surface area contributed by atoms with Gasteiger partial charge in [0.25, 0.3) is 0 Å². The summed E-state index contributed by atoms with van der Waals surface area (Å²) in [5, 5.41) is 2.36. The van der Waals surface area contributed by atoms with Crippen LogP contribution in [0.2, 0.25) is 0 Å². The van der Waals surface area contributed by atoms with Crippen LogP contribution < -0.4 is 10.2 Å². The number of piperidine rings is 1. The number of imide groups is 1. The molecule has 1 fully saturated rings. The van der Waals surface area contributed by atoms with E-state index in [1.54, 1.807) is 4.90 Å². The minimum Gasteiger partial charge on any atom is -0.299 e. The topological polar surface area (TPSA) is 66.5 Å². The summed E-state index contributed by atoms with van der Waals surface area (Å²) in [6.45, 7) is 0. The fourth-order valence-electron chi connectivity index (χ4n) is 4.06. The van der Waals surface area contributed by atoms with Gasteiger partial charge in [0.15, 0.2) is 0 Å². The lowest BCUT2D eigenvalue weighted by Gasteiger charge is -2.30. The van der Waals surface area contributed by atoms with E-state index in [4.69, 9.17) is 0 Å². The molecule has 5 nitrogen and oxygen atoms in total. The van der Waals surface area contributed by atoms with E-state index in [2.05, 4.69) is 21.2 Å². The normalized spacial score (nSPS) is 26.8. The molecule has 1 N–H and O–H groups in total. The number of anilines is 1. The van der Waals surface area contributed by atoms with E-state index in [-0.39, 0.29) is 30.1 Å². The summed E-state index contributed by atoms with van der Waals surface area (Å²) in [5.41, 5.74) is 3.15. The van der Waals surface area contributed by atoms with Crippen molar-refractivity contribution < 1.29 is 14.4 Å². The van der Waals surface area contributed by atoms with E-state index in [0.29, 0.717) is 6.42 Å². The predicted octanol–water partition coefficient (Wildman–Crippen LogP) is 2.41. The molecule has 6 heteroatoms. The molecule has 0 spiro atoms. The van der Waals surface area contributed by atoms with Gasteiger partial charge < -0.3 is 0 Å². The fourth-order valence-corrected chi connectivity index (χ4v) is 4.60. The van der Waals surface area contributed by atoms with Crippen LogP contribution in [0.5, 0.6) is 0 Å². The number of halogens is 1. The molecule has 1 aromatic rings. The van der Waals surface area contributed by atoms with E-state index in [1.165, 1.54) is 5.56 Å². The van der Waals surface area contributed by atoms with Crippen molar-refractivity contribution in [3.05, 3.63) is 27.7 Å². The van der Waals surface area contributed by atoms with Gasteiger partial charge in [-0.05, 0) is 48.9 Å². The highest BCUT2D eigenvalue weighted by Gasteiger charge is 2.46. The first-order valence-corrected chi connectivity index (χ1v) is 8.85. The molecule has 1 saturated heterocycles. The molecule has 1 aliphatic carbocycles. The number of carbonyl (C=O) groups excluding carboxylic acids is 3. The highest BCUT2D eigenvalue weighted by atomic mass is 79.9. The van der Waals surface area contributed by atoms with Crippen LogP contribution in [-0.2, 0) is 20.8 Å². The lowest BCUT2D eigenvalue weighted by atomic mass is 9.94. The molecule has 2 atom stereocenters. The van der Waals surface area contributed by atoms with Crippen LogP contribution in [-0.4, -0.2) is 23.8 Å². The van der Waals surface area contributed by atoms with Crippen molar-refractivity contribution in [1.29, 1.82) is 0 Å². The Balaban J connectivity index is 1.81. The van der Waals surface area contributed by atoms with Gasteiger partial charge in [-0.25, -0.2) is 0 Å². The van der Waals surface area contributed by atoms with Gasteiger partial charge in [0, 0.05) is 16.6 Å². The summed E-state index contributed by atoms with van der Waals surface area (Å²) in [7, 11) is 0. The molecule has 23 heavy (non-hydrogen) atoms. The van der Waals surface area contributed by atoms with Crippen molar-refractivity contribution in [1.82, 2.24) is 5.32 Å². The Labute approximate surface area is 142 Å². The molecule has 2 aliphatic heterocycles. The largest absolute Gasteiger partial charge is 0.299 e. The molecule has 120 valence electrons. The first kappa shape index (κ1) is 14.9. The summed E-state index contributed by atoms with van der Waals surface area (Å²) < 4.78 is 1.04. The number of nitrogens with zero attached hydrogens (tertiary/aromatic N) is 1. The van der Waals surface area contributed by atoms with Crippen LogP contribution in [0.25, 0.3) is 0 Å².